The number of furan rings is 1. The van der Waals surface area contributed by atoms with Gasteiger partial charge in [0.15, 0.2) is 10.4 Å². The number of rotatable bonds is 2. The Morgan fingerprint density at radius 3 is 2.25 bits per heavy atom. The van der Waals surface area contributed by atoms with Crippen molar-refractivity contribution in [3.63, 3.8) is 0 Å². The highest BCUT2D eigenvalue weighted by Crippen LogP contribution is 2.28. The lowest BCUT2D eigenvalue weighted by Crippen LogP contribution is -2.01. The third kappa shape index (κ3) is 2.17. The highest BCUT2D eigenvalue weighted by Gasteiger charge is 2.19. The predicted octanol–water partition coefficient (Wildman–Crippen LogP) is 4.58. The fraction of sp³-hybridized carbons (Fsp3) is 0. The van der Waals surface area contributed by atoms with Gasteiger partial charge < -0.3 is 4.42 Å². The van der Waals surface area contributed by atoms with Crippen molar-refractivity contribution >= 4 is 44.9 Å². The normalized spacial score (nSPS) is 10.4. The van der Waals surface area contributed by atoms with E-state index in [0.29, 0.717) is 14.7 Å². The Labute approximate surface area is 110 Å². The minimum Gasteiger partial charge on any atom is -0.446 e. The summed E-state index contributed by atoms with van der Waals surface area (Å²) < 4.78 is 5.64. The monoisotopic (exact) mass is 318 g/mol. The van der Waals surface area contributed by atoms with Crippen molar-refractivity contribution in [1.82, 2.24) is 0 Å². The van der Waals surface area contributed by atoms with Crippen LogP contribution in [0.4, 0.5) is 0 Å². The van der Waals surface area contributed by atoms with Crippen molar-refractivity contribution in [3.8, 4) is 0 Å². The molecule has 0 radical (unpaired) electrons. The van der Waals surface area contributed by atoms with Crippen LogP contribution in [-0.4, -0.2) is 5.78 Å². The molecule has 0 atom stereocenters. The van der Waals surface area contributed by atoms with Gasteiger partial charge in [0.1, 0.15) is 0 Å². The molecule has 2 aromatic rings. The van der Waals surface area contributed by atoms with Crippen LogP contribution in [0.2, 0.25) is 10.0 Å². The first kappa shape index (κ1) is 11.7. The Morgan fingerprint density at radius 2 is 1.75 bits per heavy atom. The summed E-state index contributed by atoms with van der Waals surface area (Å²) in [5.74, 6) is -0.136. The highest BCUT2D eigenvalue weighted by molar-refractivity contribution is 9.10. The SMILES string of the molecule is O=C(c1ccc(Br)o1)c1c(Cl)cccc1Cl. The van der Waals surface area contributed by atoms with Crippen LogP contribution in [0.5, 0.6) is 0 Å². The summed E-state index contributed by atoms with van der Waals surface area (Å²) in [6, 6.07) is 8.10. The molecule has 0 saturated carbocycles. The van der Waals surface area contributed by atoms with Crippen LogP contribution in [0.1, 0.15) is 16.1 Å². The average Bonchev–Trinajstić information content (AvgIpc) is 2.64. The van der Waals surface area contributed by atoms with Gasteiger partial charge in [0.25, 0.3) is 0 Å². The zero-order valence-corrected chi connectivity index (χ0v) is 10.9. The minimum atomic E-state index is -0.332. The van der Waals surface area contributed by atoms with Crippen molar-refractivity contribution in [2.75, 3.05) is 0 Å². The number of ketones is 1. The van der Waals surface area contributed by atoms with E-state index >= 15 is 0 Å². The number of carbonyl (C=O) groups is 1. The smallest absolute Gasteiger partial charge is 0.231 e. The van der Waals surface area contributed by atoms with Crippen LogP contribution in [0.3, 0.4) is 0 Å². The van der Waals surface area contributed by atoms with E-state index in [0.717, 1.165) is 0 Å². The number of halogens is 3. The number of hydrogen-bond donors (Lipinski definition) is 0. The van der Waals surface area contributed by atoms with Crippen LogP contribution in [-0.2, 0) is 0 Å². The molecular weight excluding hydrogens is 315 g/mol. The largest absolute Gasteiger partial charge is 0.446 e. The molecule has 0 fully saturated rings. The molecule has 0 aliphatic carbocycles. The Morgan fingerprint density at radius 1 is 1.12 bits per heavy atom. The second-order valence-electron chi connectivity index (χ2n) is 3.03. The van der Waals surface area contributed by atoms with Gasteiger partial charge in [0.05, 0.1) is 15.6 Å². The molecule has 0 amide bonds. The first-order valence-electron chi connectivity index (χ1n) is 4.33. The van der Waals surface area contributed by atoms with Gasteiger partial charge in [0.2, 0.25) is 5.78 Å². The molecule has 0 aliphatic heterocycles. The van der Waals surface area contributed by atoms with Gasteiger partial charge in [-0.15, -0.1) is 0 Å². The summed E-state index contributed by atoms with van der Waals surface area (Å²) >= 11 is 15.0. The standard InChI is InChI=1S/C11H5BrCl2O2/c12-9-5-4-8(16-9)11(15)10-6(13)2-1-3-7(10)14/h1-5H. The quantitative estimate of drug-likeness (QED) is 0.758. The molecule has 0 unspecified atom stereocenters. The Hall–Kier alpha value is -0.770. The van der Waals surface area contributed by atoms with E-state index in [4.69, 9.17) is 27.6 Å². The van der Waals surface area contributed by atoms with Crippen molar-refractivity contribution in [3.05, 3.63) is 56.4 Å². The summed E-state index contributed by atoms with van der Waals surface area (Å²) in [4.78, 5) is 12.0. The third-order valence-corrected chi connectivity index (χ3v) is 3.04. The lowest BCUT2D eigenvalue weighted by Gasteiger charge is -2.03. The maximum absolute atomic E-state index is 12.0. The topological polar surface area (TPSA) is 30.2 Å². The van der Waals surface area contributed by atoms with Gasteiger partial charge >= 0.3 is 0 Å². The third-order valence-electron chi connectivity index (χ3n) is 1.99. The summed E-state index contributed by atoms with van der Waals surface area (Å²) in [7, 11) is 0. The Balaban J connectivity index is 2.49. The molecule has 0 aliphatic rings. The Bertz CT molecular complexity index is 528. The fourth-order valence-electron chi connectivity index (χ4n) is 1.27. The summed E-state index contributed by atoms with van der Waals surface area (Å²) in [6.07, 6.45) is 0. The first-order chi connectivity index (χ1) is 7.59. The second kappa shape index (κ2) is 4.62. The van der Waals surface area contributed by atoms with Crippen LogP contribution in [0, 0.1) is 0 Å². The molecule has 1 aromatic carbocycles. The molecule has 0 saturated heterocycles. The molecule has 1 aromatic heterocycles. The molecule has 2 nitrogen and oxygen atoms in total. The lowest BCUT2D eigenvalue weighted by atomic mass is 10.1. The number of benzene rings is 1. The maximum Gasteiger partial charge on any atom is 0.231 e. The van der Waals surface area contributed by atoms with E-state index in [-0.39, 0.29) is 17.1 Å². The molecule has 82 valence electrons. The molecule has 0 N–H and O–H groups in total. The first-order valence-corrected chi connectivity index (χ1v) is 5.88. The molecular formula is C11H5BrCl2O2. The maximum atomic E-state index is 12.0. The van der Waals surface area contributed by atoms with E-state index < -0.39 is 0 Å². The zero-order chi connectivity index (χ0) is 11.7. The van der Waals surface area contributed by atoms with Crippen LogP contribution < -0.4 is 0 Å². The van der Waals surface area contributed by atoms with Gasteiger partial charge in [0, 0.05) is 0 Å². The minimum absolute atomic E-state index is 0.196. The summed E-state index contributed by atoms with van der Waals surface area (Å²) in [5.41, 5.74) is 0.257. The Kier molecular flexibility index (Phi) is 3.38. The van der Waals surface area contributed by atoms with Crippen LogP contribution in [0.15, 0.2) is 39.4 Å². The number of hydrogen-bond acceptors (Lipinski definition) is 2. The average molecular weight is 320 g/mol. The van der Waals surface area contributed by atoms with Crippen LogP contribution in [0.25, 0.3) is 0 Å². The fourth-order valence-corrected chi connectivity index (χ4v) is 2.15. The molecule has 0 spiro atoms. The van der Waals surface area contributed by atoms with E-state index in [1.807, 2.05) is 0 Å². The summed E-state index contributed by atoms with van der Waals surface area (Å²) in [5, 5.41) is 0.620. The lowest BCUT2D eigenvalue weighted by molar-refractivity contribution is 0.101. The van der Waals surface area contributed by atoms with Crippen molar-refractivity contribution in [2.24, 2.45) is 0 Å². The second-order valence-corrected chi connectivity index (χ2v) is 4.63. The van der Waals surface area contributed by atoms with Crippen molar-refractivity contribution < 1.29 is 9.21 Å². The van der Waals surface area contributed by atoms with Gasteiger partial charge in [-0.1, -0.05) is 29.3 Å². The molecule has 1 heterocycles. The van der Waals surface area contributed by atoms with E-state index in [1.54, 1.807) is 30.3 Å². The van der Waals surface area contributed by atoms with Gasteiger partial charge in [-0.2, -0.15) is 0 Å². The highest BCUT2D eigenvalue weighted by atomic mass is 79.9. The van der Waals surface area contributed by atoms with Crippen LogP contribution >= 0.6 is 39.1 Å². The van der Waals surface area contributed by atoms with E-state index in [9.17, 15) is 4.79 Å². The van der Waals surface area contributed by atoms with Gasteiger partial charge in [-0.05, 0) is 40.2 Å². The predicted molar refractivity (Wildman–Crippen MR) is 66.3 cm³/mol. The van der Waals surface area contributed by atoms with Gasteiger partial charge in [-0.25, -0.2) is 0 Å². The van der Waals surface area contributed by atoms with E-state index in [1.165, 1.54) is 0 Å². The zero-order valence-electron chi connectivity index (χ0n) is 7.84. The van der Waals surface area contributed by atoms with Gasteiger partial charge in [-0.3, -0.25) is 4.79 Å². The molecule has 0 bridgehead atoms. The van der Waals surface area contributed by atoms with E-state index in [2.05, 4.69) is 15.9 Å². The van der Waals surface area contributed by atoms with Crippen molar-refractivity contribution in [2.45, 2.75) is 0 Å². The van der Waals surface area contributed by atoms with Crippen molar-refractivity contribution in [1.29, 1.82) is 0 Å². The molecule has 5 heteroatoms. The number of carbonyl (C=O) groups excluding carboxylic acids is 1. The molecule has 16 heavy (non-hydrogen) atoms. The molecule has 2 rings (SSSR count). The summed E-state index contributed by atoms with van der Waals surface area (Å²) in [6.45, 7) is 0.